The smallest absolute Gasteiger partial charge is 0.137 e. The van der Waals surface area contributed by atoms with E-state index in [0.717, 1.165) is 5.69 Å². The largest absolute Gasteiger partial charge is 0.490 e. The van der Waals surface area contributed by atoms with E-state index >= 15 is 0 Å². The molecule has 122 valence electrons. The van der Waals surface area contributed by atoms with Gasteiger partial charge in [-0.3, -0.25) is 4.98 Å². The SMILES string of the molecule is CCOCCOCCOc1ccc(C[C@H](N)CO)nc1.Cl. The second-order valence-corrected chi connectivity index (χ2v) is 4.29. The van der Waals surface area contributed by atoms with Gasteiger partial charge in [0.25, 0.3) is 0 Å². The maximum atomic E-state index is 8.87. The topological polar surface area (TPSA) is 86.8 Å². The van der Waals surface area contributed by atoms with Crippen molar-refractivity contribution >= 4 is 12.4 Å². The average Bonchev–Trinajstić information content (AvgIpc) is 2.48. The summed E-state index contributed by atoms with van der Waals surface area (Å²) in [6.07, 6.45) is 2.21. The Hall–Kier alpha value is -0.920. The summed E-state index contributed by atoms with van der Waals surface area (Å²) < 4.78 is 16.0. The fourth-order valence-corrected chi connectivity index (χ4v) is 1.53. The normalized spacial score (nSPS) is 11.8. The zero-order chi connectivity index (χ0) is 14.6. The summed E-state index contributed by atoms with van der Waals surface area (Å²) in [5, 5.41) is 8.87. The van der Waals surface area contributed by atoms with Crippen molar-refractivity contribution in [3.8, 4) is 5.75 Å². The van der Waals surface area contributed by atoms with Gasteiger partial charge in [0.15, 0.2) is 0 Å². The Morgan fingerprint density at radius 2 is 1.90 bits per heavy atom. The molecule has 6 nitrogen and oxygen atoms in total. The summed E-state index contributed by atoms with van der Waals surface area (Å²) in [7, 11) is 0. The average molecular weight is 321 g/mol. The number of hydrogen-bond acceptors (Lipinski definition) is 6. The number of nitrogens with zero attached hydrogens (tertiary/aromatic N) is 1. The molecule has 0 saturated carbocycles. The Balaban J connectivity index is 0.00000400. The van der Waals surface area contributed by atoms with Gasteiger partial charge in [0.2, 0.25) is 0 Å². The lowest BCUT2D eigenvalue weighted by Gasteiger charge is -2.09. The molecule has 0 bridgehead atoms. The van der Waals surface area contributed by atoms with Crippen LogP contribution in [0.3, 0.4) is 0 Å². The maximum absolute atomic E-state index is 8.87. The van der Waals surface area contributed by atoms with Crippen molar-refractivity contribution in [2.45, 2.75) is 19.4 Å². The van der Waals surface area contributed by atoms with Gasteiger partial charge < -0.3 is 25.1 Å². The highest BCUT2D eigenvalue weighted by Crippen LogP contribution is 2.09. The first-order valence-electron chi connectivity index (χ1n) is 6.86. The molecule has 1 rings (SSSR count). The predicted octanol–water partition coefficient (Wildman–Crippen LogP) is 0.797. The molecule has 0 radical (unpaired) electrons. The quantitative estimate of drug-likeness (QED) is 0.586. The van der Waals surface area contributed by atoms with E-state index in [9.17, 15) is 0 Å². The van der Waals surface area contributed by atoms with Gasteiger partial charge in [-0.2, -0.15) is 0 Å². The molecule has 21 heavy (non-hydrogen) atoms. The fraction of sp³-hybridized carbons (Fsp3) is 0.643. The second kappa shape index (κ2) is 12.8. The molecule has 1 atom stereocenters. The zero-order valence-corrected chi connectivity index (χ0v) is 13.2. The van der Waals surface area contributed by atoms with Gasteiger partial charge in [-0.25, -0.2) is 0 Å². The Kier molecular flexibility index (Phi) is 12.2. The maximum Gasteiger partial charge on any atom is 0.137 e. The summed E-state index contributed by atoms with van der Waals surface area (Å²) in [5.41, 5.74) is 6.48. The molecule has 0 saturated heterocycles. The third kappa shape index (κ3) is 9.60. The minimum Gasteiger partial charge on any atom is -0.490 e. The van der Waals surface area contributed by atoms with Crippen LogP contribution in [0, 0.1) is 0 Å². The van der Waals surface area contributed by atoms with E-state index in [1.807, 2.05) is 19.1 Å². The van der Waals surface area contributed by atoms with Crippen LogP contribution in [-0.4, -0.2) is 55.8 Å². The molecule has 0 unspecified atom stereocenters. The third-order valence-corrected chi connectivity index (χ3v) is 2.58. The van der Waals surface area contributed by atoms with E-state index in [2.05, 4.69) is 4.98 Å². The summed E-state index contributed by atoms with van der Waals surface area (Å²) in [6, 6.07) is 3.42. The van der Waals surface area contributed by atoms with E-state index in [1.54, 1.807) is 6.20 Å². The van der Waals surface area contributed by atoms with Crippen LogP contribution in [0.5, 0.6) is 5.75 Å². The zero-order valence-electron chi connectivity index (χ0n) is 12.4. The molecule has 0 amide bonds. The molecule has 1 aromatic rings. The van der Waals surface area contributed by atoms with E-state index in [1.165, 1.54) is 0 Å². The monoisotopic (exact) mass is 320 g/mol. The first-order valence-corrected chi connectivity index (χ1v) is 6.86. The van der Waals surface area contributed by atoms with Gasteiger partial charge >= 0.3 is 0 Å². The number of aliphatic hydroxyl groups excluding tert-OH is 1. The van der Waals surface area contributed by atoms with Crippen LogP contribution in [0.1, 0.15) is 12.6 Å². The molecule has 0 aliphatic rings. The van der Waals surface area contributed by atoms with Gasteiger partial charge in [-0.05, 0) is 19.1 Å². The number of halogens is 1. The first kappa shape index (κ1) is 20.1. The highest BCUT2D eigenvalue weighted by atomic mass is 35.5. The number of pyridine rings is 1. The van der Waals surface area contributed by atoms with Gasteiger partial charge in [0.1, 0.15) is 12.4 Å². The Bertz CT molecular complexity index is 351. The number of ether oxygens (including phenoxy) is 3. The Morgan fingerprint density at radius 1 is 1.19 bits per heavy atom. The van der Waals surface area contributed by atoms with E-state index in [-0.39, 0.29) is 25.1 Å². The van der Waals surface area contributed by atoms with Crippen LogP contribution in [0.25, 0.3) is 0 Å². The van der Waals surface area contributed by atoms with Gasteiger partial charge in [-0.1, -0.05) is 0 Å². The minimum atomic E-state index is -0.270. The Morgan fingerprint density at radius 3 is 2.52 bits per heavy atom. The number of aromatic nitrogens is 1. The fourth-order valence-electron chi connectivity index (χ4n) is 1.53. The van der Waals surface area contributed by atoms with Crippen molar-refractivity contribution in [3.63, 3.8) is 0 Å². The molecule has 0 aliphatic heterocycles. The highest BCUT2D eigenvalue weighted by molar-refractivity contribution is 5.85. The van der Waals surface area contributed by atoms with Gasteiger partial charge in [-0.15, -0.1) is 12.4 Å². The molecule has 0 fully saturated rings. The highest BCUT2D eigenvalue weighted by Gasteiger charge is 2.03. The molecule has 1 aromatic heterocycles. The molecular weight excluding hydrogens is 296 g/mol. The van der Waals surface area contributed by atoms with Crippen LogP contribution in [0.2, 0.25) is 0 Å². The molecule has 0 aromatic carbocycles. The molecule has 3 N–H and O–H groups in total. The summed E-state index contributed by atoms with van der Waals surface area (Å²) in [5.74, 6) is 0.694. The third-order valence-electron chi connectivity index (χ3n) is 2.58. The lowest BCUT2D eigenvalue weighted by atomic mass is 10.1. The second-order valence-electron chi connectivity index (χ2n) is 4.29. The van der Waals surface area contributed by atoms with Crippen LogP contribution in [0.15, 0.2) is 18.3 Å². The van der Waals surface area contributed by atoms with Gasteiger partial charge in [0.05, 0.1) is 32.6 Å². The summed E-state index contributed by atoms with van der Waals surface area (Å²) in [6.45, 7) is 4.79. The number of rotatable bonds is 11. The number of hydrogen-bond donors (Lipinski definition) is 2. The summed E-state index contributed by atoms with van der Waals surface area (Å²) >= 11 is 0. The van der Waals surface area contributed by atoms with Crippen molar-refractivity contribution < 1.29 is 19.3 Å². The van der Waals surface area contributed by atoms with Crippen LogP contribution in [-0.2, 0) is 15.9 Å². The van der Waals surface area contributed by atoms with Crippen LogP contribution in [0.4, 0.5) is 0 Å². The Labute approximate surface area is 132 Å². The molecular formula is C14H25ClN2O4. The lowest BCUT2D eigenvalue weighted by molar-refractivity contribution is 0.0404. The van der Waals surface area contributed by atoms with Gasteiger partial charge in [0, 0.05) is 24.8 Å². The number of nitrogens with two attached hydrogens (primary N) is 1. The molecule has 1 heterocycles. The molecule has 7 heteroatoms. The van der Waals surface area contributed by atoms with Crippen molar-refractivity contribution in [1.82, 2.24) is 4.98 Å². The lowest BCUT2D eigenvalue weighted by Crippen LogP contribution is -2.27. The van der Waals surface area contributed by atoms with Crippen molar-refractivity contribution in [1.29, 1.82) is 0 Å². The predicted molar refractivity (Wildman–Crippen MR) is 83.1 cm³/mol. The minimum absolute atomic E-state index is 0. The summed E-state index contributed by atoms with van der Waals surface area (Å²) in [4.78, 5) is 4.23. The van der Waals surface area contributed by atoms with Crippen molar-refractivity contribution in [2.24, 2.45) is 5.73 Å². The molecule has 0 spiro atoms. The van der Waals surface area contributed by atoms with Crippen LogP contribution < -0.4 is 10.5 Å². The van der Waals surface area contributed by atoms with E-state index in [0.29, 0.717) is 45.2 Å². The van der Waals surface area contributed by atoms with E-state index < -0.39 is 0 Å². The molecule has 0 aliphatic carbocycles. The first-order chi connectivity index (χ1) is 9.76. The van der Waals surface area contributed by atoms with Crippen molar-refractivity contribution in [2.75, 3.05) is 39.6 Å². The van der Waals surface area contributed by atoms with E-state index in [4.69, 9.17) is 25.1 Å². The van der Waals surface area contributed by atoms with Crippen LogP contribution >= 0.6 is 12.4 Å². The number of aliphatic hydroxyl groups is 1. The van der Waals surface area contributed by atoms with Crippen molar-refractivity contribution in [3.05, 3.63) is 24.0 Å². The standard InChI is InChI=1S/C14H24N2O4.ClH/c1-2-18-5-6-19-7-8-20-14-4-3-13(16-10-14)9-12(15)11-17;/h3-4,10,12,17H,2,5-9,11,15H2,1H3;1H/t12-;/m0./s1.